The van der Waals surface area contributed by atoms with E-state index in [1.54, 1.807) is 54.9 Å². The summed E-state index contributed by atoms with van der Waals surface area (Å²) in [4.78, 5) is 16.7. The zero-order valence-electron chi connectivity index (χ0n) is 17.0. The van der Waals surface area contributed by atoms with Gasteiger partial charge in [0.2, 0.25) is 5.95 Å². The number of hydrogen-bond acceptors (Lipinski definition) is 7. The van der Waals surface area contributed by atoms with Crippen LogP contribution in [0.3, 0.4) is 0 Å². The second-order valence-electron chi connectivity index (χ2n) is 7.66. The van der Waals surface area contributed by atoms with Gasteiger partial charge in [0.25, 0.3) is 6.02 Å². The average Bonchev–Trinajstić information content (AvgIpc) is 3.23. The van der Waals surface area contributed by atoms with Gasteiger partial charge in [0, 0.05) is 40.8 Å². The smallest absolute Gasteiger partial charge is 0.283 e. The van der Waals surface area contributed by atoms with Gasteiger partial charge >= 0.3 is 0 Å². The lowest BCUT2D eigenvalue weighted by Gasteiger charge is -2.34. The predicted octanol–water partition coefficient (Wildman–Crippen LogP) is 4.18. The standard InChI is InChI=1S/C24H15F2N5O2/c25-18-11-14(22-29-7-2-8-30-22)10-17-20(18)33-19-5-4-13(15-3-1-6-28-21(15)26)9-16(19)24(17)12-32-23(27)31-24/h1-11H,12H2,(H2,27,31). The number of hydrogen-bond donors (Lipinski definition) is 1. The highest BCUT2D eigenvalue weighted by Gasteiger charge is 2.48. The first kappa shape index (κ1) is 19.3. The number of halogens is 2. The van der Waals surface area contributed by atoms with Crippen LogP contribution in [-0.2, 0) is 10.3 Å². The minimum atomic E-state index is -1.19. The van der Waals surface area contributed by atoms with Crippen LogP contribution in [0.25, 0.3) is 22.5 Å². The summed E-state index contributed by atoms with van der Waals surface area (Å²) in [5.41, 5.74) is 7.05. The van der Waals surface area contributed by atoms with E-state index in [9.17, 15) is 4.39 Å². The Morgan fingerprint density at radius 1 is 0.879 bits per heavy atom. The van der Waals surface area contributed by atoms with Crippen LogP contribution in [0.2, 0.25) is 0 Å². The van der Waals surface area contributed by atoms with Crippen molar-refractivity contribution in [2.24, 2.45) is 10.7 Å². The van der Waals surface area contributed by atoms with Crippen LogP contribution >= 0.6 is 0 Å². The molecule has 9 heteroatoms. The van der Waals surface area contributed by atoms with E-state index in [1.807, 2.05) is 0 Å². The van der Waals surface area contributed by atoms with Crippen molar-refractivity contribution in [2.45, 2.75) is 5.54 Å². The molecule has 2 aromatic carbocycles. The molecule has 1 unspecified atom stereocenters. The number of aromatic nitrogens is 3. The fourth-order valence-corrected chi connectivity index (χ4v) is 4.25. The van der Waals surface area contributed by atoms with Gasteiger partial charge in [0.15, 0.2) is 22.9 Å². The van der Waals surface area contributed by atoms with Gasteiger partial charge in [-0.15, -0.1) is 0 Å². The van der Waals surface area contributed by atoms with Crippen molar-refractivity contribution in [1.29, 1.82) is 0 Å². The lowest BCUT2D eigenvalue weighted by Crippen LogP contribution is -2.31. The zero-order valence-corrected chi connectivity index (χ0v) is 17.0. The minimum absolute atomic E-state index is 0.0181. The SMILES string of the molecule is NC1=NC2(CO1)c1cc(-c3cccnc3F)ccc1Oc1c(F)cc(-c3ncccn3)cc12. The van der Waals surface area contributed by atoms with E-state index in [1.165, 1.54) is 12.3 Å². The molecule has 0 aliphatic carbocycles. The third-order valence-corrected chi connectivity index (χ3v) is 5.75. The Bertz CT molecular complexity index is 1440. The molecule has 4 heterocycles. The van der Waals surface area contributed by atoms with Crippen LogP contribution in [0.5, 0.6) is 11.5 Å². The van der Waals surface area contributed by atoms with Crippen molar-refractivity contribution in [3.05, 3.63) is 90.0 Å². The maximum atomic E-state index is 15.3. The van der Waals surface area contributed by atoms with Gasteiger partial charge in [-0.3, -0.25) is 0 Å². The summed E-state index contributed by atoms with van der Waals surface area (Å²) in [7, 11) is 0. The Morgan fingerprint density at radius 2 is 1.67 bits per heavy atom. The number of pyridine rings is 1. The lowest BCUT2D eigenvalue weighted by molar-refractivity contribution is 0.262. The van der Waals surface area contributed by atoms with Crippen LogP contribution in [0, 0.1) is 11.8 Å². The number of nitrogens with zero attached hydrogens (tertiary/aromatic N) is 4. The Kier molecular flexibility index (Phi) is 4.13. The molecule has 0 bridgehead atoms. The van der Waals surface area contributed by atoms with Crippen molar-refractivity contribution >= 4 is 6.02 Å². The van der Waals surface area contributed by atoms with Crippen LogP contribution < -0.4 is 10.5 Å². The third kappa shape index (κ3) is 2.93. The number of nitrogens with two attached hydrogens (primary N) is 1. The van der Waals surface area contributed by atoms with Crippen molar-refractivity contribution in [3.8, 4) is 34.0 Å². The normalized spacial score (nSPS) is 18.2. The van der Waals surface area contributed by atoms with E-state index >= 15 is 4.39 Å². The van der Waals surface area contributed by atoms with E-state index in [0.717, 1.165) is 0 Å². The van der Waals surface area contributed by atoms with Crippen molar-refractivity contribution < 1.29 is 18.3 Å². The minimum Gasteiger partial charge on any atom is -0.462 e. The summed E-state index contributed by atoms with van der Waals surface area (Å²) >= 11 is 0. The van der Waals surface area contributed by atoms with Crippen LogP contribution in [0.4, 0.5) is 8.78 Å². The molecule has 2 aliphatic rings. The molecule has 2 aliphatic heterocycles. The summed E-state index contributed by atoms with van der Waals surface area (Å²) < 4.78 is 41.2. The summed E-state index contributed by atoms with van der Waals surface area (Å²) in [5, 5.41) is 0. The topological polar surface area (TPSA) is 95.5 Å². The van der Waals surface area contributed by atoms with Crippen molar-refractivity contribution in [2.75, 3.05) is 6.61 Å². The zero-order chi connectivity index (χ0) is 22.6. The average molecular weight is 443 g/mol. The molecule has 162 valence electrons. The van der Waals surface area contributed by atoms with E-state index in [-0.39, 0.29) is 18.4 Å². The van der Waals surface area contributed by atoms with Crippen molar-refractivity contribution in [3.63, 3.8) is 0 Å². The number of rotatable bonds is 2. The molecule has 0 amide bonds. The summed E-state index contributed by atoms with van der Waals surface area (Å²) in [5.74, 6) is -0.459. The van der Waals surface area contributed by atoms with Gasteiger partial charge in [0.05, 0.1) is 0 Å². The second-order valence-corrected chi connectivity index (χ2v) is 7.66. The monoisotopic (exact) mass is 443 g/mol. The van der Waals surface area contributed by atoms with Crippen LogP contribution in [-0.4, -0.2) is 27.6 Å². The highest BCUT2D eigenvalue weighted by atomic mass is 19.1. The molecule has 0 radical (unpaired) electrons. The first-order chi connectivity index (χ1) is 16.0. The molecule has 7 nitrogen and oxygen atoms in total. The molecule has 2 aromatic heterocycles. The maximum absolute atomic E-state index is 15.3. The number of ether oxygens (including phenoxy) is 2. The predicted molar refractivity (Wildman–Crippen MR) is 115 cm³/mol. The number of aliphatic imine (C=N–C) groups is 1. The Balaban J connectivity index is 1.59. The fraction of sp³-hybridized carbons (Fsp3) is 0.0833. The molecule has 0 saturated carbocycles. The quantitative estimate of drug-likeness (QED) is 0.467. The second kappa shape index (κ2) is 7.06. The van der Waals surface area contributed by atoms with Gasteiger partial charge in [-0.2, -0.15) is 4.39 Å². The van der Waals surface area contributed by atoms with E-state index in [2.05, 4.69) is 19.9 Å². The molecular formula is C24H15F2N5O2. The molecule has 6 rings (SSSR count). The largest absolute Gasteiger partial charge is 0.462 e. The number of fused-ring (bicyclic) bond motifs is 4. The maximum Gasteiger partial charge on any atom is 0.283 e. The third-order valence-electron chi connectivity index (χ3n) is 5.75. The highest BCUT2D eigenvalue weighted by Crippen LogP contribution is 2.53. The molecule has 33 heavy (non-hydrogen) atoms. The summed E-state index contributed by atoms with van der Waals surface area (Å²) in [6, 6.07) is 13.0. The first-order valence-electron chi connectivity index (χ1n) is 10.1. The molecular weight excluding hydrogens is 428 g/mol. The fourth-order valence-electron chi connectivity index (χ4n) is 4.25. The van der Waals surface area contributed by atoms with Gasteiger partial charge < -0.3 is 15.2 Å². The van der Waals surface area contributed by atoms with E-state index in [4.69, 9.17) is 15.2 Å². The number of amidine groups is 1. The van der Waals surface area contributed by atoms with E-state index in [0.29, 0.717) is 39.4 Å². The summed E-state index contributed by atoms with van der Waals surface area (Å²) in [6.45, 7) is 0.0275. The highest BCUT2D eigenvalue weighted by molar-refractivity contribution is 5.78. The molecule has 0 fully saturated rings. The van der Waals surface area contributed by atoms with Gasteiger partial charge in [-0.05, 0) is 48.0 Å². The van der Waals surface area contributed by atoms with Gasteiger partial charge in [-0.25, -0.2) is 24.3 Å². The Morgan fingerprint density at radius 3 is 2.42 bits per heavy atom. The molecule has 2 N–H and O–H groups in total. The molecule has 1 atom stereocenters. The first-order valence-corrected chi connectivity index (χ1v) is 10.1. The van der Waals surface area contributed by atoms with Crippen molar-refractivity contribution in [1.82, 2.24) is 15.0 Å². The van der Waals surface area contributed by atoms with E-state index < -0.39 is 17.3 Å². The Labute approximate surface area is 186 Å². The lowest BCUT2D eigenvalue weighted by atomic mass is 9.79. The van der Waals surface area contributed by atoms with Gasteiger partial charge in [0.1, 0.15) is 12.4 Å². The summed E-state index contributed by atoms with van der Waals surface area (Å²) in [6.07, 6.45) is 4.53. The Hall–Kier alpha value is -4.40. The molecule has 4 aromatic rings. The molecule has 0 saturated heterocycles. The van der Waals surface area contributed by atoms with Crippen LogP contribution in [0.15, 0.2) is 72.1 Å². The number of benzene rings is 2. The van der Waals surface area contributed by atoms with Crippen LogP contribution in [0.1, 0.15) is 11.1 Å². The van der Waals surface area contributed by atoms with Gasteiger partial charge in [-0.1, -0.05) is 6.07 Å². The molecule has 1 spiro atoms.